The number of hydroxylamine groups is 1. The first-order valence-electron chi connectivity index (χ1n) is 14.9. The van der Waals surface area contributed by atoms with Crippen molar-refractivity contribution in [1.82, 2.24) is 26.0 Å². The molecule has 5 N–H and O–H groups in total. The molecule has 3 aromatic carbocycles. The number of aromatic amines is 1. The van der Waals surface area contributed by atoms with Crippen molar-refractivity contribution in [3.8, 4) is 11.1 Å². The van der Waals surface area contributed by atoms with E-state index in [4.69, 9.17) is 14.7 Å². The van der Waals surface area contributed by atoms with Gasteiger partial charge in [-0.2, -0.15) is 5.10 Å². The molecule has 5 rings (SSSR count). The van der Waals surface area contributed by atoms with Crippen molar-refractivity contribution in [2.24, 2.45) is 0 Å². The van der Waals surface area contributed by atoms with Crippen LogP contribution in [0.5, 0.6) is 0 Å². The summed E-state index contributed by atoms with van der Waals surface area (Å²) in [4.78, 5) is 27.7. The van der Waals surface area contributed by atoms with Gasteiger partial charge in [0.25, 0.3) is 0 Å². The Labute approximate surface area is 265 Å². The molecule has 2 heterocycles. The van der Waals surface area contributed by atoms with Crippen LogP contribution >= 0.6 is 11.8 Å². The number of aromatic nitrogens is 3. The molecular weight excluding hydrogens is 594 g/mol. The third-order valence-corrected chi connectivity index (χ3v) is 8.59. The number of hydrogen-bond acceptors (Lipinski definition) is 9. The second kappa shape index (κ2) is 16.3. The quantitative estimate of drug-likeness (QED) is 0.0560. The number of unbranched alkanes of at least 4 members (excludes halogenated alkanes) is 1. The number of ether oxygens (including phenoxy) is 2. The highest BCUT2D eigenvalue weighted by atomic mass is 32.2. The second-order valence-electron chi connectivity index (χ2n) is 10.7. The predicted molar refractivity (Wildman–Crippen MR) is 168 cm³/mol. The summed E-state index contributed by atoms with van der Waals surface area (Å²) in [6.07, 6.45) is 2.86. The third kappa shape index (κ3) is 9.22. The maximum atomic E-state index is 12.4. The number of benzene rings is 3. The van der Waals surface area contributed by atoms with Gasteiger partial charge in [0, 0.05) is 37.1 Å². The minimum absolute atomic E-state index is 0.0107. The normalized spacial score (nSPS) is 18.0. The minimum Gasteiger partial charge on any atom is -0.392 e. The van der Waals surface area contributed by atoms with E-state index >= 15 is 0 Å². The molecule has 1 aromatic heterocycles. The zero-order chi connectivity index (χ0) is 31.4. The van der Waals surface area contributed by atoms with Crippen LogP contribution in [-0.4, -0.2) is 49.2 Å². The summed E-state index contributed by atoms with van der Waals surface area (Å²) < 4.78 is 12.9. The molecule has 0 bridgehead atoms. The Bertz CT molecular complexity index is 1520. The lowest BCUT2D eigenvalue weighted by molar-refractivity contribution is -0.245. The monoisotopic (exact) mass is 631 g/mol. The van der Waals surface area contributed by atoms with Crippen LogP contribution in [0.3, 0.4) is 0 Å². The van der Waals surface area contributed by atoms with Gasteiger partial charge in [0.2, 0.25) is 11.8 Å². The summed E-state index contributed by atoms with van der Waals surface area (Å²) in [5.41, 5.74) is 7.37. The molecule has 0 saturated carbocycles. The first-order valence-corrected chi connectivity index (χ1v) is 15.9. The van der Waals surface area contributed by atoms with Gasteiger partial charge in [0.05, 0.1) is 18.8 Å². The van der Waals surface area contributed by atoms with Gasteiger partial charge in [-0.1, -0.05) is 84.6 Å². The Morgan fingerprint density at radius 1 is 0.933 bits per heavy atom. The van der Waals surface area contributed by atoms with E-state index < -0.39 is 12.2 Å². The van der Waals surface area contributed by atoms with Gasteiger partial charge in [-0.3, -0.25) is 19.9 Å². The largest absolute Gasteiger partial charge is 0.392 e. The second-order valence-corrected chi connectivity index (χ2v) is 11.8. The number of carbonyl (C=O) groups excluding carboxylic acids is 2. The number of aliphatic hydroxyl groups is 1. The van der Waals surface area contributed by atoms with Crippen LogP contribution in [0.4, 0.5) is 0 Å². The lowest BCUT2D eigenvalue weighted by atomic mass is 9.97. The Morgan fingerprint density at radius 2 is 1.67 bits per heavy atom. The molecule has 1 aliphatic rings. The predicted octanol–water partition coefficient (Wildman–Crippen LogP) is 4.98. The fourth-order valence-corrected chi connectivity index (χ4v) is 5.94. The topological polar surface area (TPSA) is 159 Å². The summed E-state index contributed by atoms with van der Waals surface area (Å²) in [6, 6.07) is 23.8. The van der Waals surface area contributed by atoms with E-state index in [1.54, 1.807) is 17.2 Å². The number of rotatable bonds is 14. The van der Waals surface area contributed by atoms with E-state index in [9.17, 15) is 14.7 Å². The van der Waals surface area contributed by atoms with Crippen molar-refractivity contribution in [3.63, 3.8) is 0 Å². The van der Waals surface area contributed by atoms with Gasteiger partial charge in [0.1, 0.15) is 6.33 Å². The molecule has 3 atom stereocenters. The first kappa shape index (κ1) is 32.3. The number of nitrogens with one attached hydrogen (secondary N) is 3. The average Bonchev–Trinajstić information content (AvgIpc) is 3.62. The van der Waals surface area contributed by atoms with Crippen molar-refractivity contribution < 1.29 is 29.4 Å². The molecule has 236 valence electrons. The molecule has 1 aliphatic heterocycles. The zero-order valence-electron chi connectivity index (χ0n) is 24.7. The summed E-state index contributed by atoms with van der Waals surface area (Å²) in [5.74, 6) is 0.134. The summed E-state index contributed by atoms with van der Waals surface area (Å²) in [5, 5.41) is 28.6. The van der Waals surface area contributed by atoms with E-state index in [-0.39, 0.29) is 31.1 Å². The number of amides is 2. The van der Waals surface area contributed by atoms with E-state index in [0.29, 0.717) is 38.0 Å². The minimum atomic E-state index is -0.575. The maximum Gasteiger partial charge on any atom is 0.243 e. The van der Waals surface area contributed by atoms with Gasteiger partial charge >= 0.3 is 0 Å². The number of H-pyrrole nitrogens is 1. The first-order chi connectivity index (χ1) is 22.0. The smallest absolute Gasteiger partial charge is 0.243 e. The molecular formula is C33H37N5O6S. The molecule has 0 radical (unpaired) electrons. The number of thioether (sulfide) groups is 1. The van der Waals surface area contributed by atoms with Crippen molar-refractivity contribution >= 4 is 23.6 Å². The molecule has 12 heteroatoms. The zero-order valence-corrected chi connectivity index (χ0v) is 25.5. The third-order valence-electron chi connectivity index (χ3n) is 7.58. The van der Waals surface area contributed by atoms with Crippen molar-refractivity contribution in [2.45, 2.75) is 68.9 Å². The Balaban J connectivity index is 1.25. The van der Waals surface area contributed by atoms with Gasteiger partial charge in [0.15, 0.2) is 11.4 Å². The molecule has 2 amide bonds. The fourth-order valence-electron chi connectivity index (χ4n) is 5.14. The van der Waals surface area contributed by atoms with Gasteiger partial charge in [-0.15, -0.1) is 0 Å². The van der Waals surface area contributed by atoms with Gasteiger partial charge < -0.3 is 19.9 Å². The summed E-state index contributed by atoms with van der Waals surface area (Å²) in [6.45, 7) is 0.368. The Kier molecular flexibility index (Phi) is 11.7. The maximum absolute atomic E-state index is 12.4. The van der Waals surface area contributed by atoms with Crippen molar-refractivity contribution in [1.29, 1.82) is 0 Å². The van der Waals surface area contributed by atoms with Crippen molar-refractivity contribution in [3.05, 3.63) is 101 Å². The molecule has 0 spiro atoms. The highest BCUT2D eigenvalue weighted by Gasteiger charge is 2.32. The van der Waals surface area contributed by atoms with Crippen LogP contribution in [0.15, 0.2) is 84.3 Å². The van der Waals surface area contributed by atoms with Gasteiger partial charge in [-0.05, 0) is 40.7 Å². The van der Waals surface area contributed by atoms with Gasteiger partial charge in [-0.25, -0.2) is 10.5 Å². The molecule has 45 heavy (non-hydrogen) atoms. The van der Waals surface area contributed by atoms with Crippen LogP contribution in [-0.2, 0) is 32.2 Å². The standard InChI is InChI=1S/C33H37N5O6S/c39-19-22-9-11-24(12-10-22)29-17-27(20-45-33-35-21-36-37-33)43-32(44-29)25-15-13-23(14-16-25)28-6-2-1-5-26(28)18-34-30(40)7-3-4-8-31(41)38-42/h1-2,5-6,9-16,21,27,29,32,39,42H,3-4,7-8,17-20H2,(H,34,40)(H,38,41)(H,35,36,37)/t27-,29+,32+/m0/s1. The van der Waals surface area contributed by atoms with E-state index in [2.05, 4.69) is 20.5 Å². The van der Waals surface area contributed by atoms with E-state index in [1.165, 1.54) is 6.33 Å². The lowest BCUT2D eigenvalue weighted by Crippen LogP contribution is -2.31. The number of carbonyl (C=O) groups is 2. The Hall–Kier alpha value is -4.07. The van der Waals surface area contributed by atoms with Crippen molar-refractivity contribution in [2.75, 3.05) is 5.75 Å². The summed E-state index contributed by atoms with van der Waals surface area (Å²) in [7, 11) is 0. The fraction of sp³-hybridized carbons (Fsp3) is 0.333. The van der Waals surface area contributed by atoms with Crippen LogP contribution in [0.25, 0.3) is 11.1 Å². The molecule has 11 nitrogen and oxygen atoms in total. The van der Waals surface area contributed by atoms with E-state index in [0.717, 1.165) is 38.5 Å². The summed E-state index contributed by atoms with van der Waals surface area (Å²) >= 11 is 1.55. The Morgan fingerprint density at radius 3 is 2.38 bits per heavy atom. The molecule has 1 saturated heterocycles. The molecule has 4 aromatic rings. The van der Waals surface area contributed by atoms with E-state index in [1.807, 2.05) is 72.8 Å². The highest BCUT2D eigenvalue weighted by Crippen LogP contribution is 2.39. The van der Waals surface area contributed by atoms with Crippen LogP contribution in [0.1, 0.15) is 66.8 Å². The number of aliphatic hydroxyl groups excluding tert-OH is 1. The molecule has 0 aliphatic carbocycles. The highest BCUT2D eigenvalue weighted by molar-refractivity contribution is 7.99. The molecule has 1 fully saturated rings. The molecule has 0 unspecified atom stereocenters. The SMILES string of the molecule is O=C(CCCCC(=O)NCc1ccccc1-c1ccc([C@@H]2O[C@H](CSc3ncn[nH]3)C[C@H](c3ccc(CO)cc3)O2)cc1)NO. The lowest BCUT2D eigenvalue weighted by Gasteiger charge is -2.36. The van der Waals surface area contributed by atoms with Crippen LogP contribution in [0, 0.1) is 0 Å². The number of hydrogen-bond donors (Lipinski definition) is 5. The van der Waals surface area contributed by atoms with Crippen LogP contribution < -0.4 is 10.8 Å². The van der Waals surface area contributed by atoms with Crippen LogP contribution in [0.2, 0.25) is 0 Å². The average molecular weight is 632 g/mol. The number of nitrogens with zero attached hydrogens (tertiary/aromatic N) is 2.